The molecule has 6 nitrogen and oxygen atoms in total. The van der Waals surface area contributed by atoms with E-state index in [0.717, 1.165) is 32.0 Å². The summed E-state index contributed by atoms with van der Waals surface area (Å²) in [5.74, 6) is 0.477. The normalized spacial score (nSPS) is 15.1. The molecule has 0 saturated carbocycles. The number of hydrogen-bond donors (Lipinski definition) is 1. The Balaban J connectivity index is 1.62. The number of hydrogen-bond acceptors (Lipinski definition) is 6. The molecule has 134 valence electrons. The molecule has 2 aromatic rings. The zero-order valence-corrected chi connectivity index (χ0v) is 13.3. The number of benzene rings is 1. The maximum absolute atomic E-state index is 12.3. The van der Waals surface area contributed by atoms with Gasteiger partial charge in [0, 0.05) is 32.4 Å². The van der Waals surface area contributed by atoms with Crippen LogP contribution in [0.5, 0.6) is 11.8 Å². The molecule has 1 aromatic carbocycles. The van der Waals surface area contributed by atoms with Gasteiger partial charge >= 0.3 is 12.4 Å². The van der Waals surface area contributed by atoms with Gasteiger partial charge in [0.05, 0.1) is 0 Å². The number of piperazine rings is 1. The molecular formula is C16H17F3N4O2. The van der Waals surface area contributed by atoms with Gasteiger partial charge in [0.25, 0.3) is 0 Å². The SMILES string of the molecule is FC(F)(F)Oc1cccc(COc2nccc(N3CCNCC3)n2)c1. The zero-order chi connectivity index (χ0) is 17.7. The van der Waals surface area contributed by atoms with Crippen molar-refractivity contribution in [2.45, 2.75) is 13.0 Å². The fourth-order valence-electron chi connectivity index (χ4n) is 2.45. The molecule has 1 N–H and O–H groups in total. The number of nitrogens with zero attached hydrogens (tertiary/aromatic N) is 3. The number of nitrogens with one attached hydrogen (secondary N) is 1. The van der Waals surface area contributed by atoms with Crippen molar-refractivity contribution in [1.82, 2.24) is 15.3 Å². The van der Waals surface area contributed by atoms with Gasteiger partial charge in [0.15, 0.2) is 0 Å². The van der Waals surface area contributed by atoms with Crippen molar-refractivity contribution in [3.8, 4) is 11.8 Å². The highest BCUT2D eigenvalue weighted by molar-refractivity contribution is 5.39. The Kier molecular flexibility index (Phi) is 5.22. The molecule has 0 bridgehead atoms. The van der Waals surface area contributed by atoms with Crippen molar-refractivity contribution < 1.29 is 22.6 Å². The van der Waals surface area contributed by atoms with Crippen LogP contribution in [0.3, 0.4) is 0 Å². The molecular weight excluding hydrogens is 337 g/mol. The van der Waals surface area contributed by atoms with E-state index in [1.807, 2.05) is 0 Å². The fourth-order valence-corrected chi connectivity index (χ4v) is 2.45. The minimum Gasteiger partial charge on any atom is -0.459 e. The first-order chi connectivity index (χ1) is 12.0. The summed E-state index contributed by atoms with van der Waals surface area (Å²) in [4.78, 5) is 10.5. The Morgan fingerprint density at radius 3 is 2.72 bits per heavy atom. The molecule has 0 amide bonds. The number of ether oxygens (including phenoxy) is 2. The lowest BCUT2D eigenvalue weighted by Crippen LogP contribution is -2.43. The maximum atomic E-state index is 12.3. The van der Waals surface area contributed by atoms with E-state index in [4.69, 9.17) is 4.74 Å². The van der Waals surface area contributed by atoms with Crippen LogP contribution in [0.4, 0.5) is 19.0 Å². The van der Waals surface area contributed by atoms with E-state index in [2.05, 4.69) is 24.9 Å². The van der Waals surface area contributed by atoms with E-state index in [1.54, 1.807) is 18.3 Å². The molecule has 2 heterocycles. The summed E-state index contributed by atoms with van der Waals surface area (Å²) in [5.41, 5.74) is 0.526. The van der Waals surface area contributed by atoms with Crippen LogP contribution >= 0.6 is 0 Å². The lowest BCUT2D eigenvalue weighted by Gasteiger charge is -2.28. The topological polar surface area (TPSA) is 59.5 Å². The first-order valence-corrected chi connectivity index (χ1v) is 7.76. The van der Waals surface area contributed by atoms with E-state index >= 15 is 0 Å². The van der Waals surface area contributed by atoms with Crippen molar-refractivity contribution >= 4 is 5.82 Å². The zero-order valence-electron chi connectivity index (χ0n) is 13.3. The Morgan fingerprint density at radius 2 is 1.96 bits per heavy atom. The molecule has 1 aliphatic heterocycles. The second-order valence-electron chi connectivity index (χ2n) is 5.42. The molecule has 1 fully saturated rings. The summed E-state index contributed by atoms with van der Waals surface area (Å²) in [6.07, 6.45) is -3.12. The molecule has 1 aromatic heterocycles. The van der Waals surface area contributed by atoms with Crippen molar-refractivity contribution in [1.29, 1.82) is 0 Å². The van der Waals surface area contributed by atoms with Crippen LogP contribution in [0.25, 0.3) is 0 Å². The van der Waals surface area contributed by atoms with Crippen molar-refractivity contribution in [2.24, 2.45) is 0 Å². The van der Waals surface area contributed by atoms with Crippen LogP contribution in [-0.4, -0.2) is 42.5 Å². The number of anilines is 1. The monoisotopic (exact) mass is 354 g/mol. The molecule has 0 radical (unpaired) electrons. The highest BCUT2D eigenvalue weighted by atomic mass is 19.4. The van der Waals surface area contributed by atoms with Gasteiger partial charge < -0.3 is 19.7 Å². The van der Waals surface area contributed by atoms with Crippen LogP contribution in [0.1, 0.15) is 5.56 Å². The number of halogens is 3. The van der Waals surface area contributed by atoms with Gasteiger partial charge in [0.1, 0.15) is 18.2 Å². The third-order valence-corrected chi connectivity index (χ3v) is 3.56. The highest BCUT2D eigenvalue weighted by Crippen LogP contribution is 2.23. The minimum atomic E-state index is -4.72. The number of aromatic nitrogens is 2. The van der Waals surface area contributed by atoms with Crippen molar-refractivity contribution in [3.05, 3.63) is 42.1 Å². The van der Waals surface area contributed by atoms with E-state index in [-0.39, 0.29) is 18.4 Å². The quantitative estimate of drug-likeness (QED) is 0.890. The Hall–Kier alpha value is -2.55. The van der Waals surface area contributed by atoms with Crippen LogP contribution < -0.4 is 19.7 Å². The van der Waals surface area contributed by atoms with E-state index in [1.165, 1.54) is 18.2 Å². The molecule has 25 heavy (non-hydrogen) atoms. The third-order valence-electron chi connectivity index (χ3n) is 3.56. The predicted octanol–water partition coefficient (Wildman–Crippen LogP) is 2.36. The predicted molar refractivity (Wildman–Crippen MR) is 84.6 cm³/mol. The highest BCUT2D eigenvalue weighted by Gasteiger charge is 2.31. The number of rotatable bonds is 5. The lowest BCUT2D eigenvalue weighted by atomic mass is 10.2. The Labute approximate surface area is 142 Å². The third kappa shape index (κ3) is 5.21. The van der Waals surface area contributed by atoms with Gasteiger partial charge in [-0.3, -0.25) is 0 Å². The molecule has 0 spiro atoms. The smallest absolute Gasteiger partial charge is 0.459 e. The first kappa shape index (κ1) is 17.3. The molecule has 0 unspecified atom stereocenters. The van der Waals surface area contributed by atoms with Gasteiger partial charge in [-0.25, -0.2) is 4.98 Å². The standard InChI is InChI=1S/C16H17F3N4O2/c17-16(18,19)25-13-3-1-2-12(10-13)11-24-15-21-5-4-14(22-15)23-8-6-20-7-9-23/h1-5,10,20H,6-9,11H2. The van der Waals surface area contributed by atoms with Crippen LogP contribution in [0.15, 0.2) is 36.5 Å². The molecule has 1 saturated heterocycles. The summed E-state index contributed by atoms with van der Waals surface area (Å²) >= 11 is 0. The van der Waals surface area contributed by atoms with Gasteiger partial charge in [-0.05, 0) is 23.8 Å². The van der Waals surface area contributed by atoms with Crippen molar-refractivity contribution in [2.75, 3.05) is 31.1 Å². The summed E-state index contributed by atoms with van der Waals surface area (Å²) in [7, 11) is 0. The average molecular weight is 354 g/mol. The summed E-state index contributed by atoms with van der Waals surface area (Å²) in [5, 5.41) is 3.26. The van der Waals surface area contributed by atoms with Gasteiger partial charge in [0.2, 0.25) is 0 Å². The average Bonchev–Trinajstić information content (AvgIpc) is 2.60. The Morgan fingerprint density at radius 1 is 1.16 bits per heavy atom. The number of alkyl halides is 3. The first-order valence-electron chi connectivity index (χ1n) is 7.76. The van der Waals surface area contributed by atoms with Crippen molar-refractivity contribution in [3.63, 3.8) is 0 Å². The summed E-state index contributed by atoms with van der Waals surface area (Å²) in [6, 6.07) is 7.60. The van der Waals surface area contributed by atoms with Crippen LogP contribution in [0.2, 0.25) is 0 Å². The lowest BCUT2D eigenvalue weighted by molar-refractivity contribution is -0.274. The van der Waals surface area contributed by atoms with Crippen LogP contribution in [-0.2, 0) is 6.61 Å². The molecule has 0 aliphatic carbocycles. The van der Waals surface area contributed by atoms with E-state index in [9.17, 15) is 13.2 Å². The molecule has 3 rings (SSSR count). The fraction of sp³-hybridized carbons (Fsp3) is 0.375. The second kappa shape index (κ2) is 7.56. The van der Waals surface area contributed by atoms with E-state index in [0.29, 0.717) is 5.56 Å². The van der Waals surface area contributed by atoms with Gasteiger partial charge in [-0.15, -0.1) is 13.2 Å². The summed E-state index contributed by atoms with van der Waals surface area (Å²) < 4.78 is 46.2. The molecule has 0 atom stereocenters. The minimum absolute atomic E-state index is 0.0417. The van der Waals surface area contributed by atoms with Crippen LogP contribution in [0, 0.1) is 0 Å². The van der Waals surface area contributed by atoms with E-state index < -0.39 is 6.36 Å². The second-order valence-corrected chi connectivity index (χ2v) is 5.42. The van der Waals surface area contributed by atoms with Gasteiger partial charge in [-0.2, -0.15) is 4.98 Å². The molecule has 9 heteroatoms. The maximum Gasteiger partial charge on any atom is 0.573 e. The Bertz CT molecular complexity index is 706. The molecule has 1 aliphatic rings. The largest absolute Gasteiger partial charge is 0.573 e. The van der Waals surface area contributed by atoms with Gasteiger partial charge in [-0.1, -0.05) is 12.1 Å². The summed E-state index contributed by atoms with van der Waals surface area (Å²) in [6.45, 7) is 3.49.